The Kier molecular flexibility index (Phi) is 7.06. The molecule has 0 bridgehead atoms. The van der Waals surface area contributed by atoms with Crippen LogP contribution in [0.4, 0.5) is 0 Å². The Balaban J connectivity index is 2.06. The van der Waals surface area contributed by atoms with Gasteiger partial charge >= 0.3 is 27.8 Å². The van der Waals surface area contributed by atoms with Crippen LogP contribution in [0, 0.1) is 0 Å². The van der Waals surface area contributed by atoms with Crippen LogP contribution in [0.15, 0.2) is 58.3 Å². The lowest BCUT2D eigenvalue weighted by molar-refractivity contribution is -0.163. The van der Waals surface area contributed by atoms with Crippen LogP contribution in [-0.2, 0) is 42.8 Å². The SMILES string of the molecule is CP(=O)(OOS(=O)(=O)c1ccccc1Cl)OOS(=O)(=O)c1ccccc1Cl. The van der Waals surface area contributed by atoms with Crippen molar-refractivity contribution in [2.75, 3.05) is 6.66 Å². The van der Waals surface area contributed by atoms with E-state index in [9.17, 15) is 21.4 Å². The van der Waals surface area contributed by atoms with Crippen molar-refractivity contribution >= 4 is 51.0 Å². The predicted octanol–water partition coefficient (Wildman–Crippen LogP) is 3.79. The van der Waals surface area contributed by atoms with E-state index >= 15 is 0 Å². The van der Waals surface area contributed by atoms with Crippen molar-refractivity contribution in [1.82, 2.24) is 0 Å². The summed E-state index contributed by atoms with van der Waals surface area (Å²) in [6.45, 7) is 0.719. The second kappa shape index (κ2) is 8.56. The van der Waals surface area contributed by atoms with Crippen LogP contribution in [0.3, 0.4) is 0 Å². The molecule has 2 aromatic rings. The summed E-state index contributed by atoms with van der Waals surface area (Å²) in [4.78, 5) is -0.924. The van der Waals surface area contributed by atoms with Crippen molar-refractivity contribution in [1.29, 1.82) is 0 Å². The third-order valence-electron chi connectivity index (χ3n) is 2.72. The average Bonchev–Trinajstić information content (AvgIpc) is 2.59. The molecule has 0 aromatic heterocycles. The number of rotatable bonds is 8. The fourth-order valence-corrected chi connectivity index (χ4v) is 5.21. The molecule has 148 valence electrons. The van der Waals surface area contributed by atoms with Crippen molar-refractivity contribution < 1.29 is 39.4 Å². The van der Waals surface area contributed by atoms with Crippen LogP contribution in [0.1, 0.15) is 0 Å². The molecule has 2 aromatic carbocycles. The van der Waals surface area contributed by atoms with Gasteiger partial charge in [0.15, 0.2) is 0 Å². The molecule has 0 aliphatic carbocycles. The highest BCUT2D eigenvalue weighted by atomic mass is 35.5. The molecular weight excluding hydrogens is 466 g/mol. The monoisotopic (exact) mass is 476 g/mol. The quantitative estimate of drug-likeness (QED) is 0.318. The molecule has 0 aliphatic heterocycles. The third kappa shape index (κ3) is 5.98. The van der Waals surface area contributed by atoms with E-state index in [1.54, 1.807) is 0 Å². The van der Waals surface area contributed by atoms with Gasteiger partial charge in [-0.3, -0.25) is 4.57 Å². The van der Waals surface area contributed by atoms with E-state index in [2.05, 4.69) is 18.0 Å². The van der Waals surface area contributed by atoms with Gasteiger partial charge in [0, 0.05) is 6.66 Å². The summed E-state index contributed by atoms with van der Waals surface area (Å²) in [6, 6.07) is 10.5. The lowest BCUT2D eigenvalue weighted by Gasteiger charge is -2.12. The molecule has 27 heavy (non-hydrogen) atoms. The van der Waals surface area contributed by atoms with E-state index in [1.165, 1.54) is 36.4 Å². The van der Waals surface area contributed by atoms with E-state index in [-0.39, 0.29) is 10.0 Å². The zero-order valence-electron chi connectivity index (χ0n) is 13.3. The number of hydrogen-bond donors (Lipinski definition) is 0. The Bertz CT molecular complexity index is 1000. The summed E-state index contributed by atoms with van der Waals surface area (Å²) in [5.41, 5.74) is 0. The van der Waals surface area contributed by atoms with Crippen LogP contribution in [0.2, 0.25) is 10.0 Å². The Labute approximate surface area is 165 Å². The van der Waals surface area contributed by atoms with E-state index < -0.39 is 37.6 Å². The van der Waals surface area contributed by atoms with Gasteiger partial charge in [0.2, 0.25) is 0 Å². The smallest absolute Gasteiger partial charge is 0.255 e. The molecule has 0 fully saturated rings. The van der Waals surface area contributed by atoms with Crippen LogP contribution in [-0.4, -0.2) is 23.5 Å². The van der Waals surface area contributed by atoms with E-state index in [0.29, 0.717) is 0 Å². The zero-order chi connectivity index (χ0) is 20.3. The molecule has 0 radical (unpaired) electrons. The summed E-state index contributed by atoms with van der Waals surface area (Å²) >= 11 is 11.5. The molecule has 0 aliphatic rings. The van der Waals surface area contributed by atoms with Gasteiger partial charge < -0.3 is 0 Å². The number of benzene rings is 2. The lowest BCUT2D eigenvalue weighted by atomic mass is 10.4. The highest BCUT2D eigenvalue weighted by molar-refractivity contribution is 7.87. The number of halogens is 2. The van der Waals surface area contributed by atoms with Crippen LogP contribution >= 0.6 is 30.8 Å². The minimum Gasteiger partial charge on any atom is -0.255 e. The van der Waals surface area contributed by atoms with E-state index in [1.807, 2.05) is 0 Å². The highest BCUT2D eigenvalue weighted by Crippen LogP contribution is 2.46. The maximum absolute atomic E-state index is 12.1. The minimum absolute atomic E-state index is 0.175. The molecule has 0 unspecified atom stereocenters. The Hall–Kier alpha value is -1.01. The first-order valence-corrected chi connectivity index (χ1v) is 12.3. The Morgan fingerprint density at radius 3 is 1.41 bits per heavy atom. The fraction of sp³-hybridized carbons (Fsp3) is 0.0769. The molecule has 14 heteroatoms. The van der Waals surface area contributed by atoms with Crippen molar-refractivity contribution in [2.24, 2.45) is 0 Å². The third-order valence-corrected chi connectivity index (χ3v) is 6.78. The second-order valence-electron chi connectivity index (χ2n) is 4.83. The molecule has 0 N–H and O–H groups in total. The largest absolute Gasteiger partial charge is 0.384 e. The summed E-state index contributed by atoms with van der Waals surface area (Å²) in [5.74, 6) is 0. The van der Waals surface area contributed by atoms with Gasteiger partial charge in [-0.25, -0.2) is 0 Å². The van der Waals surface area contributed by atoms with Crippen molar-refractivity contribution in [3.05, 3.63) is 58.6 Å². The van der Waals surface area contributed by atoms with Gasteiger partial charge in [-0.1, -0.05) is 56.1 Å². The number of hydrogen-bond acceptors (Lipinski definition) is 9. The molecule has 0 atom stereocenters. The fourth-order valence-electron chi connectivity index (χ4n) is 1.57. The van der Waals surface area contributed by atoms with Gasteiger partial charge in [0.05, 0.1) is 10.0 Å². The first-order valence-electron chi connectivity index (χ1n) is 6.77. The van der Waals surface area contributed by atoms with Gasteiger partial charge in [-0.05, 0) is 24.3 Å². The molecule has 0 amide bonds. The van der Waals surface area contributed by atoms with Crippen LogP contribution in [0.5, 0.6) is 0 Å². The maximum atomic E-state index is 12.1. The highest BCUT2D eigenvalue weighted by Gasteiger charge is 2.31. The van der Waals surface area contributed by atoms with Crippen LogP contribution in [0.25, 0.3) is 0 Å². The first-order chi connectivity index (χ1) is 12.4. The molecule has 0 heterocycles. The second-order valence-corrected chi connectivity index (χ2v) is 10.4. The van der Waals surface area contributed by atoms with E-state index in [0.717, 1.165) is 18.8 Å². The standard InChI is InChI=1S/C13H11Cl2O9PS2/c1-25(16,21-23-26(17,18)12-8-4-2-6-10(12)14)22-24-27(19,20)13-9-5-3-7-11(13)15/h2-9H,1H3. The Morgan fingerprint density at radius 2 is 1.07 bits per heavy atom. The minimum atomic E-state index is -4.57. The molecule has 2 rings (SSSR count). The van der Waals surface area contributed by atoms with Crippen molar-refractivity contribution in [3.8, 4) is 0 Å². The van der Waals surface area contributed by atoms with Crippen LogP contribution < -0.4 is 0 Å². The zero-order valence-corrected chi connectivity index (χ0v) is 17.4. The predicted molar refractivity (Wildman–Crippen MR) is 95.1 cm³/mol. The van der Waals surface area contributed by atoms with E-state index in [4.69, 9.17) is 23.2 Å². The summed E-state index contributed by atoms with van der Waals surface area (Å²) in [6.07, 6.45) is 0. The maximum Gasteiger partial charge on any atom is 0.384 e. The molecule has 0 saturated carbocycles. The Morgan fingerprint density at radius 1 is 0.741 bits per heavy atom. The average molecular weight is 477 g/mol. The molecular formula is C13H11Cl2O9PS2. The summed E-state index contributed by atoms with van der Waals surface area (Å²) in [5, 5.41) is -0.351. The summed E-state index contributed by atoms with van der Waals surface area (Å²) < 4.78 is 76.7. The van der Waals surface area contributed by atoms with Crippen molar-refractivity contribution in [2.45, 2.75) is 9.79 Å². The van der Waals surface area contributed by atoms with Gasteiger partial charge in [0.25, 0.3) is 0 Å². The topological polar surface area (TPSA) is 122 Å². The molecule has 9 nitrogen and oxygen atoms in total. The van der Waals surface area contributed by atoms with Gasteiger partial charge in [0.1, 0.15) is 9.79 Å². The normalized spacial score (nSPS) is 12.9. The first kappa shape index (κ1) is 22.3. The van der Waals surface area contributed by atoms with Gasteiger partial charge in [-0.15, -0.1) is 9.35 Å². The van der Waals surface area contributed by atoms with Gasteiger partial charge in [-0.2, -0.15) is 16.8 Å². The molecule has 0 saturated heterocycles. The summed E-state index contributed by atoms with van der Waals surface area (Å²) in [7, 11) is -13.6. The molecule has 0 spiro atoms. The lowest BCUT2D eigenvalue weighted by Crippen LogP contribution is -2.10. The van der Waals surface area contributed by atoms with Crippen molar-refractivity contribution in [3.63, 3.8) is 0 Å².